The first-order chi connectivity index (χ1) is 11.3. The highest BCUT2D eigenvalue weighted by Gasteiger charge is 2.24. The first-order valence-electron chi connectivity index (χ1n) is 7.48. The quantitative estimate of drug-likeness (QED) is 0.484. The van der Waals surface area contributed by atoms with Crippen molar-refractivity contribution in [2.24, 2.45) is 0 Å². The van der Waals surface area contributed by atoms with Crippen molar-refractivity contribution >= 4 is 47.1 Å². The molecule has 3 aromatic rings. The highest BCUT2D eigenvalue weighted by atomic mass is 79.9. The number of ether oxygens (including phenoxy) is 1. The first-order valence-corrected chi connectivity index (χ1v) is 9.35. The molecule has 0 saturated carbocycles. The van der Waals surface area contributed by atoms with Gasteiger partial charge >= 0.3 is 0 Å². The predicted octanol–water partition coefficient (Wildman–Crippen LogP) is 3.57. The van der Waals surface area contributed by atoms with Crippen LogP contribution in [0.3, 0.4) is 0 Å². The molecule has 0 bridgehead atoms. The van der Waals surface area contributed by atoms with E-state index in [4.69, 9.17) is 4.74 Å². The van der Waals surface area contributed by atoms with Crippen molar-refractivity contribution in [1.29, 1.82) is 0 Å². The van der Waals surface area contributed by atoms with Crippen LogP contribution in [0.2, 0.25) is 0 Å². The monoisotopic (exact) mass is 382 g/mol. The molecule has 0 aliphatic rings. The SMILES string of the molecule is COc1ccccc1B(Pc1ccccc1)c1ccccc1Br. The molecule has 1 nitrogen and oxygen atoms in total. The molecule has 0 aromatic heterocycles. The Labute approximate surface area is 148 Å². The van der Waals surface area contributed by atoms with Crippen molar-refractivity contribution in [3.8, 4) is 5.75 Å². The summed E-state index contributed by atoms with van der Waals surface area (Å²) in [6.45, 7) is 0. The fourth-order valence-corrected chi connectivity index (χ4v) is 4.88. The van der Waals surface area contributed by atoms with Crippen LogP contribution in [-0.2, 0) is 0 Å². The predicted molar refractivity (Wildman–Crippen MR) is 107 cm³/mol. The Balaban J connectivity index is 2.08. The second-order valence-electron chi connectivity index (χ2n) is 5.21. The summed E-state index contributed by atoms with van der Waals surface area (Å²) >= 11 is 3.72. The van der Waals surface area contributed by atoms with E-state index >= 15 is 0 Å². The third kappa shape index (κ3) is 3.86. The minimum Gasteiger partial charge on any atom is -0.497 e. The highest BCUT2D eigenvalue weighted by Crippen LogP contribution is 2.22. The fraction of sp³-hybridized carbons (Fsp3) is 0.0526. The number of benzene rings is 3. The van der Waals surface area contributed by atoms with Gasteiger partial charge in [0.25, 0.3) is 0 Å². The molecule has 1 atom stereocenters. The van der Waals surface area contributed by atoms with Gasteiger partial charge in [-0.25, -0.2) is 0 Å². The van der Waals surface area contributed by atoms with Gasteiger partial charge in [-0.15, -0.1) is 8.46 Å². The molecular weight excluding hydrogens is 366 g/mol. The number of halogens is 1. The lowest BCUT2D eigenvalue weighted by atomic mass is 9.61. The Morgan fingerprint density at radius 1 is 0.783 bits per heavy atom. The molecule has 0 aliphatic carbocycles. The van der Waals surface area contributed by atoms with Gasteiger partial charge in [0.05, 0.1) is 7.11 Å². The Morgan fingerprint density at radius 2 is 1.39 bits per heavy atom. The second-order valence-corrected chi connectivity index (χ2v) is 7.50. The van der Waals surface area contributed by atoms with Crippen molar-refractivity contribution in [3.63, 3.8) is 0 Å². The van der Waals surface area contributed by atoms with Crippen molar-refractivity contribution in [1.82, 2.24) is 0 Å². The van der Waals surface area contributed by atoms with E-state index in [9.17, 15) is 0 Å². The maximum absolute atomic E-state index is 5.61. The summed E-state index contributed by atoms with van der Waals surface area (Å²) in [5.41, 5.74) is 2.52. The normalized spacial score (nSPS) is 10.9. The minimum atomic E-state index is 0.268. The van der Waals surface area contributed by atoms with Gasteiger partial charge in [0.15, 0.2) is 0 Å². The molecule has 0 radical (unpaired) electrons. The van der Waals surface area contributed by atoms with Crippen LogP contribution >= 0.6 is 24.4 Å². The molecule has 1 unspecified atom stereocenters. The number of methoxy groups -OCH3 is 1. The van der Waals surface area contributed by atoms with Crippen molar-refractivity contribution in [2.45, 2.75) is 0 Å². The molecule has 0 fully saturated rings. The Bertz CT molecular complexity index is 779. The standard InChI is InChI=1S/C19H17BBrOP/c1-22-19-14-8-6-12-17(19)20(16-11-5-7-13-18(16)21)23-15-9-3-2-4-10-15/h2-14,23H,1H3. The molecule has 0 aliphatic heterocycles. The molecule has 3 aromatic carbocycles. The van der Waals surface area contributed by atoms with Gasteiger partial charge in [-0.3, -0.25) is 0 Å². The molecular formula is C19H17BBrOP. The van der Waals surface area contributed by atoms with Crippen LogP contribution in [0.25, 0.3) is 0 Å². The number of para-hydroxylation sites is 1. The van der Waals surface area contributed by atoms with E-state index in [1.54, 1.807) is 7.11 Å². The first kappa shape index (κ1) is 16.3. The molecule has 0 amide bonds. The maximum atomic E-state index is 5.61. The summed E-state index contributed by atoms with van der Waals surface area (Å²) in [6.07, 6.45) is 0.268. The Hall–Kier alpha value is -1.57. The molecule has 4 heteroatoms. The van der Waals surface area contributed by atoms with Crippen molar-refractivity contribution in [3.05, 3.63) is 83.3 Å². The van der Waals surface area contributed by atoms with E-state index in [0.29, 0.717) is 8.46 Å². The summed E-state index contributed by atoms with van der Waals surface area (Å²) in [7, 11) is 2.37. The van der Waals surface area contributed by atoms with E-state index < -0.39 is 0 Å². The maximum Gasteiger partial charge on any atom is 0.245 e. The third-order valence-electron chi connectivity index (χ3n) is 3.75. The lowest BCUT2D eigenvalue weighted by molar-refractivity contribution is 0.418. The lowest BCUT2D eigenvalue weighted by Crippen LogP contribution is -2.41. The van der Waals surface area contributed by atoms with Crippen LogP contribution < -0.4 is 21.0 Å². The summed E-state index contributed by atoms with van der Waals surface area (Å²) in [4.78, 5) is 0. The average Bonchev–Trinajstić information content (AvgIpc) is 2.61. The number of hydrogen-bond donors (Lipinski definition) is 0. The van der Waals surface area contributed by atoms with Gasteiger partial charge in [-0.05, 0) is 22.9 Å². The zero-order valence-corrected chi connectivity index (χ0v) is 15.5. The topological polar surface area (TPSA) is 9.23 Å². The second kappa shape index (κ2) is 7.81. The fourth-order valence-electron chi connectivity index (χ4n) is 2.64. The zero-order chi connectivity index (χ0) is 16.1. The molecule has 114 valence electrons. The van der Waals surface area contributed by atoms with Crippen molar-refractivity contribution in [2.75, 3.05) is 7.11 Å². The summed E-state index contributed by atoms with van der Waals surface area (Å²) in [5, 5.41) is 1.35. The van der Waals surface area contributed by atoms with Gasteiger partial charge < -0.3 is 4.74 Å². The van der Waals surface area contributed by atoms with E-state index in [0.717, 1.165) is 10.2 Å². The van der Waals surface area contributed by atoms with E-state index in [1.165, 1.54) is 16.2 Å². The van der Waals surface area contributed by atoms with Gasteiger partial charge in [0, 0.05) is 4.47 Å². The van der Waals surface area contributed by atoms with Gasteiger partial charge in [0.2, 0.25) is 6.43 Å². The minimum absolute atomic E-state index is 0.268. The Kier molecular flexibility index (Phi) is 5.54. The third-order valence-corrected chi connectivity index (χ3v) is 6.05. The van der Waals surface area contributed by atoms with Gasteiger partial charge in [0.1, 0.15) is 5.75 Å². The zero-order valence-electron chi connectivity index (χ0n) is 12.9. The summed E-state index contributed by atoms with van der Waals surface area (Å²) < 4.78 is 6.75. The number of hydrogen-bond acceptors (Lipinski definition) is 1. The molecule has 23 heavy (non-hydrogen) atoms. The number of rotatable bonds is 5. The highest BCUT2D eigenvalue weighted by molar-refractivity contribution is 9.10. The van der Waals surface area contributed by atoms with Crippen LogP contribution in [0.5, 0.6) is 5.75 Å². The van der Waals surface area contributed by atoms with Crippen LogP contribution in [0.15, 0.2) is 83.3 Å². The van der Waals surface area contributed by atoms with Gasteiger partial charge in [-0.1, -0.05) is 88.1 Å². The van der Waals surface area contributed by atoms with Crippen LogP contribution in [0.4, 0.5) is 0 Å². The molecule has 0 saturated heterocycles. The molecule has 0 N–H and O–H groups in total. The van der Waals surface area contributed by atoms with E-state index in [1.807, 2.05) is 12.1 Å². The van der Waals surface area contributed by atoms with Gasteiger partial charge in [-0.2, -0.15) is 0 Å². The summed E-state index contributed by atoms with van der Waals surface area (Å²) in [5.74, 6) is 0.941. The lowest BCUT2D eigenvalue weighted by Gasteiger charge is -2.19. The van der Waals surface area contributed by atoms with Crippen LogP contribution in [-0.4, -0.2) is 13.5 Å². The van der Waals surface area contributed by atoms with Crippen LogP contribution in [0, 0.1) is 0 Å². The van der Waals surface area contributed by atoms with Crippen LogP contribution in [0.1, 0.15) is 0 Å². The van der Waals surface area contributed by atoms with Crippen molar-refractivity contribution < 1.29 is 4.74 Å². The largest absolute Gasteiger partial charge is 0.497 e. The average molecular weight is 383 g/mol. The van der Waals surface area contributed by atoms with E-state index in [-0.39, 0.29) is 6.43 Å². The Morgan fingerprint density at radius 3 is 2.09 bits per heavy atom. The van der Waals surface area contributed by atoms with E-state index in [2.05, 4.69) is 82.7 Å². The molecule has 3 rings (SSSR count). The summed E-state index contributed by atoms with van der Waals surface area (Å²) in [6, 6.07) is 27.4. The molecule has 0 spiro atoms. The smallest absolute Gasteiger partial charge is 0.245 e. The molecule has 0 heterocycles.